The Balaban J connectivity index is 1.99. The fourth-order valence-electron chi connectivity index (χ4n) is 2.87. The van der Waals surface area contributed by atoms with Crippen molar-refractivity contribution in [2.24, 2.45) is 0 Å². The van der Waals surface area contributed by atoms with Crippen molar-refractivity contribution < 1.29 is 13.5 Å². The summed E-state index contributed by atoms with van der Waals surface area (Å²) in [4.78, 5) is 8.78. The van der Waals surface area contributed by atoms with Crippen molar-refractivity contribution in [2.75, 3.05) is 23.8 Å². The molecule has 2 aromatic rings. The third kappa shape index (κ3) is 8.72. The van der Waals surface area contributed by atoms with Crippen molar-refractivity contribution in [3.8, 4) is 0 Å². The van der Waals surface area contributed by atoms with Crippen molar-refractivity contribution in [3.05, 3.63) is 34.9 Å². The Morgan fingerprint density at radius 2 is 1.90 bits per heavy atom. The van der Waals surface area contributed by atoms with Crippen molar-refractivity contribution in [1.82, 2.24) is 14.7 Å². The van der Waals surface area contributed by atoms with Gasteiger partial charge in [0, 0.05) is 24.5 Å². The maximum absolute atomic E-state index is 12.6. The Kier molecular flexibility index (Phi) is 10.7. The molecule has 1 aromatic heterocycles. The number of nitrogens with zero attached hydrogens (tertiary/aromatic N) is 2. The molecule has 172 valence electrons. The van der Waals surface area contributed by atoms with E-state index in [4.69, 9.17) is 0 Å². The summed E-state index contributed by atoms with van der Waals surface area (Å²) in [6.07, 6.45) is 8.20. The average Bonchev–Trinajstić information content (AvgIpc) is 2.75. The van der Waals surface area contributed by atoms with Gasteiger partial charge in [-0.1, -0.05) is 45.1 Å². The maximum Gasteiger partial charge on any atom is 0.240 e. The third-order valence-electron chi connectivity index (χ3n) is 4.62. The molecule has 0 spiro atoms. The van der Waals surface area contributed by atoms with E-state index >= 15 is 0 Å². The Morgan fingerprint density at radius 3 is 2.65 bits per heavy atom. The fraction of sp³-hybridized carbons (Fsp3) is 0.524. The second kappa shape index (κ2) is 12.9. The molecule has 8 nitrogen and oxygen atoms in total. The minimum absolute atomic E-state index is 0.0369. The van der Waals surface area contributed by atoms with E-state index in [1.54, 1.807) is 30.5 Å². The van der Waals surface area contributed by atoms with Gasteiger partial charge in [-0.25, -0.2) is 18.1 Å². The summed E-state index contributed by atoms with van der Waals surface area (Å²) in [5, 5.41) is 15.3. The van der Waals surface area contributed by atoms with Crippen LogP contribution in [0.25, 0.3) is 0 Å². The number of sulfonamides is 1. The average molecular weight is 514 g/mol. The lowest BCUT2D eigenvalue weighted by molar-refractivity contribution is 0.281. The number of aliphatic hydroxyl groups is 1. The van der Waals surface area contributed by atoms with Gasteiger partial charge in [-0.15, -0.1) is 0 Å². The third-order valence-corrected chi connectivity index (χ3v) is 6.66. The largest absolute Gasteiger partial charge is 0.394 e. The number of aromatic nitrogens is 2. The van der Waals surface area contributed by atoms with Gasteiger partial charge in [0.15, 0.2) is 0 Å². The van der Waals surface area contributed by atoms with Crippen LogP contribution in [0.15, 0.2) is 39.8 Å². The van der Waals surface area contributed by atoms with Crippen LogP contribution < -0.4 is 15.4 Å². The van der Waals surface area contributed by atoms with Crippen LogP contribution in [0.3, 0.4) is 0 Å². The zero-order chi connectivity index (χ0) is 22.7. The molecule has 0 aliphatic heterocycles. The molecule has 0 fully saturated rings. The first-order valence-corrected chi connectivity index (χ1v) is 12.9. The smallest absolute Gasteiger partial charge is 0.240 e. The first-order valence-electron chi connectivity index (χ1n) is 10.6. The van der Waals surface area contributed by atoms with E-state index < -0.39 is 10.0 Å². The van der Waals surface area contributed by atoms with Crippen LogP contribution in [-0.2, 0) is 10.0 Å². The molecule has 4 N–H and O–H groups in total. The summed E-state index contributed by atoms with van der Waals surface area (Å²) >= 11 is 3.37. The minimum Gasteiger partial charge on any atom is -0.394 e. The number of hydrogen-bond acceptors (Lipinski definition) is 7. The summed E-state index contributed by atoms with van der Waals surface area (Å²) in [5.74, 6) is 0.842. The van der Waals surface area contributed by atoms with Gasteiger partial charge in [-0.05, 0) is 47.5 Å². The summed E-state index contributed by atoms with van der Waals surface area (Å²) in [7, 11) is -3.59. The minimum atomic E-state index is -3.59. The number of halogens is 1. The van der Waals surface area contributed by atoms with Crippen LogP contribution in [0.4, 0.5) is 17.5 Å². The quantitative estimate of drug-likeness (QED) is 0.276. The standard InChI is InChI=1S/C21H32BrN5O3S/c1-3-4-5-6-7-8-12-24-31(29,30)18-11-9-10-17(13-18)26-21-23-14-19(22)20(27-21)25-16(2)15-28/h9-11,13-14,16,24,28H,3-8,12,15H2,1-2H3,(H2,23,25,26,27)/t16-/m1/s1. The van der Waals surface area contributed by atoms with Crippen molar-refractivity contribution >= 4 is 43.4 Å². The molecular weight excluding hydrogens is 482 g/mol. The highest BCUT2D eigenvalue weighted by Crippen LogP contribution is 2.23. The van der Waals surface area contributed by atoms with Crippen LogP contribution in [0.5, 0.6) is 0 Å². The molecule has 0 saturated heterocycles. The normalized spacial score (nSPS) is 12.5. The van der Waals surface area contributed by atoms with Gasteiger partial charge in [0.1, 0.15) is 5.82 Å². The molecule has 0 aliphatic carbocycles. The number of benzene rings is 1. The first-order chi connectivity index (χ1) is 14.9. The molecule has 31 heavy (non-hydrogen) atoms. The van der Waals surface area contributed by atoms with Gasteiger partial charge in [0.25, 0.3) is 0 Å². The predicted molar refractivity (Wildman–Crippen MR) is 128 cm³/mol. The molecule has 0 amide bonds. The predicted octanol–water partition coefficient (Wildman–Crippen LogP) is 4.41. The second-order valence-electron chi connectivity index (χ2n) is 7.44. The molecule has 0 saturated carbocycles. The van der Waals surface area contributed by atoms with E-state index in [1.165, 1.54) is 19.3 Å². The van der Waals surface area contributed by atoms with Gasteiger partial charge in [-0.3, -0.25) is 0 Å². The molecule has 0 aliphatic rings. The number of nitrogens with one attached hydrogen (secondary N) is 3. The van der Waals surface area contributed by atoms with Gasteiger partial charge in [0.2, 0.25) is 16.0 Å². The summed E-state index contributed by atoms with van der Waals surface area (Å²) in [5.41, 5.74) is 0.561. The Hall–Kier alpha value is -1.75. The zero-order valence-electron chi connectivity index (χ0n) is 18.1. The van der Waals surface area contributed by atoms with Gasteiger partial charge in [-0.2, -0.15) is 4.98 Å². The van der Waals surface area contributed by atoms with E-state index in [-0.39, 0.29) is 17.5 Å². The van der Waals surface area contributed by atoms with E-state index in [0.29, 0.717) is 28.5 Å². The van der Waals surface area contributed by atoms with Gasteiger partial charge < -0.3 is 15.7 Å². The molecular formula is C21H32BrN5O3S. The monoisotopic (exact) mass is 513 g/mol. The summed E-state index contributed by atoms with van der Waals surface area (Å²) < 4.78 is 28.6. The highest BCUT2D eigenvalue weighted by atomic mass is 79.9. The zero-order valence-corrected chi connectivity index (χ0v) is 20.5. The van der Waals surface area contributed by atoms with Crippen LogP contribution in [0.2, 0.25) is 0 Å². The molecule has 0 bridgehead atoms. The van der Waals surface area contributed by atoms with E-state index in [2.05, 4.69) is 48.2 Å². The summed E-state index contributed by atoms with van der Waals surface area (Å²) in [6, 6.07) is 6.37. The van der Waals surface area contributed by atoms with Crippen molar-refractivity contribution in [1.29, 1.82) is 0 Å². The molecule has 2 rings (SSSR count). The highest BCUT2D eigenvalue weighted by molar-refractivity contribution is 9.10. The Bertz CT molecular complexity index is 927. The highest BCUT2D eigenvalue weighted by Gasteiger charge is 2.14. The lowest BCUT2D eigenvalue weighted by atomic mass is 10.1. The fourth-order valence-corrected chi connectivity index (χ4v) is 4.30. The SMILES string of the molecule is CCCCCCCCNS(=O)(=O)c1cccc(Nc2ncc(Br)c(N[C@H](C)CO)n2)c1. The Morgan fingerprint density at radius 1 is 1.16 bits per heavy atom. The molecule has 0 radical (unpaired) electrons. The number of aliphatic hydroxyl groups excluding tert-OH is 1. The topological polar surface area (TPSA) is 116 Å². The maximum atomic E-state index is 12.6. The molecule has 0 unspecified atom stereocenters. The number of unbranched alkanes of at least 4 members (excludes halogenated alkanes) is 5. The van der Waals surface area contributed by atoms with Crippen LogP contribution in [0, 0.1) is 0 Å². The molecule has 1 atom stereocenters. The van der Waals surface area contributed by atoms with Crippen molar-refractivity contribution in [3.63, 3.8) is 0 Å². The molecule has 1 heterocycles. The van der Waals surface area contributed by atoms with Gasteiger partial charge in [0.05, 0.1) is 16.0 Å². The second-order valence-corrected chi connectivity index (χ2v) is 10.1. The number of anilines is 3. The summed E-state index contributed by atoms with van der Waals surface area (Å²) in [6.45, 7) is 4.40. The first kappa shape index (κ1) is 25.5. The van der Waals surface area contributed by atoms with E-state index in [9.17, 15) is 13.5 Å². The van der Waals surface area contributed by atoms with Gasteiger partial charge >= 0.3 is 0 Å². The van der Waals surface area contributed by atoms with E-state index in [1.807, 2.05) is 6.92 Å². The molecule has 1 aromatic carbocycles. The number of rotatable bonds is 14. The van der Waals surface area contributed by atoms with E-state index in [0.717, 1.165) is 19.3 Å². The Labute approximate surface area is 193 Å². The lowest BCUT2D eigenvalue weighted by Crippen LogP contribution is -2.24. The molecule has 10 heteroatoms. The lowest BCUT2D eigenvalue weighted by Gasteiger charge is -2.14. The van der Waals surface area contributed by atoms with Crippen LogP contribution >= 0.6 is 15.9 Å². The van der Waals surface area contributed by atoms with Crippen LogP contribution in [0.1, 0.15) is 52.4 Å². The van der Waals surface area contributed by atoms with Crippen LogP contribution in [-0.4, -0.2) is 42.7 Å². The number of hydrogen-bond donors (Lipinski definition) is 4. The van der Waals surface area contributed by atoms with Crippen molar-refractivity contribution in [2.45, 2.75) is 63.3 Å².